The largest absolute Gasteiger partial charge is 0.310 e. The molecule has 1 spiro atoms. The molecule has 0 amide bonds. The van der Waals surface area contributed by atoms with E-state index in [9.17, 15) is 0 Å². The highest BCUT2D eigenvalue weighted by atomic mass is 15.1. The Morgan fingerprint density at radius 2 is 0.820 bits per heavy atom. The molecule has 13 rings (SSSR count). The minimum atomic E-state index is -0.590. The lowest BCUT2D eigenvalue weighted by atomic mass is 9.60. The van der Waals surface area contributed by atoms with Crippen LogP contribution in [0, 0.1) is 0 Å². The molecule has 1 nitrogen and oxygen atoms in total. The van der Waals surface area contributed by atoms with Crippen molar-refractivity contribution in [1.82, 2.24) is 0 Å². The third-order valence-corrected chi connectivity index (χ3v) is 14.2. The van der Waals surface area contributed by atoms with Crippen molar-refractivity contribution in [2.24, 2.45) is 0 Å². The van der Waals surface area contributed by atoms with Gasteiger partial charge in [-0.25, -0.2) is 0 Å². The van der Waals surface area contributed by atoms with Gasteiger partial charge in [-0.15, -0.1) is 0 Å². The van der Waals surface area contributed by atoms with Crippen LogP contribution in [0.1, 0.15) is 47.2 Å². The zero-order valence-corrected chi connectivity index (χ0v) is 34.2. The Morgan fingerprint density at radius 1 is 0.311 bits per heavy atom. The second-order valence-corrected chi connectivity index (χ2v) is 17.6. The second kappa shape index (κ2) is 12.5. The predicted molar refractivity (Wildman–Crippen MR) is 255 cm³/mol. The summed E-state index contributed by atoms with van der Waals surface area (Å²) in [7, 11) is 0. The van der Waals surface area contributed by atoms with Gasteiger partial charge in [0.1, 0.15) is 0 Å². The Balaban J connectivity index is 1.14. The molecule has 0 saturated heterocycles. The van der Waals surface area contributed by atoms with Crippen LogP contribution in [0.25, 0.3) is 66.1 Å². The van der Waals surface area contributed by atoms with E-state index >= 15 is 0 Å². The van der Waals surface area contributed by atoms with Crippen LogP contribution >= 0.6 is 0 Å². The van der Waals surface area contributed by atoms with Gasteiger partial charge in [0.2, 0.25) is 0 Å². The molecule has 10 aromatic carbocycles. The van der Waals surface area contributed by atoms with Crippen LogP contribution in [-0.2, 0) is 10.8 Å². The van der Waals surface area contributed by atoms with Crippen LogP contribution in [0.15, 0.2) is 212 Å². The van der Waals surface area contributed by atoms with E-state index in [-0.39, 0.29) is 5.41 Å². The van der Waals surface area contributed by atoms with Gasteiger partial charge in [-0.05, 0) is 136 Å². The number of fused-ring (bicyclic) bond motifs is 13. The fraction of sp³-hybridized carbons (Fsp3) is 0.0667. The van der Waals surface area contributed by atoms with Crippen LogP contribution in [0.5, 0.6) is 0 Å². The molecule has 286 valence electrons. The molecule has 0 bridgehead atoms. The maximum absolute atomic E-state index is 2.54. The normalized spacial score (nSPS) is 15.9. The average Bonchev–Trinajstić information content (AvgIpc) is 3.73. The summed E-state index contributed by atoms with van der Waals surface area (Å²) in [5, 5.41) is 5.06. The van der Waals surface area contributed by atoms with E-state index in [0.717, 1.165) is 17.1 Å². The van der Waals surface area contributed by atoms with Crippen molar-refractivity contribution in [1.29, 1.82) is 0 Å². The Hall–Kier alpha value is -7.48. The van der Waals surface area contributed by atoms with Gasteiger partial charge in [-0.2, -0.15) is 0 Å². The Kier molecular flexibility index (Phi) is 7.06. The summed E-state index contributed by atoms with van der Waals surface area (Å²) in [6.45, 7) is 4.72. The summed E-state index contributed by atoms with van der Waals surface area (Å²) < 4.78 is 0. The fourth-order valence-corrected chi connectivity index (χ4v) is 11.6. The molecular weight excluding hydrogens is 735 g/mol. The molecule has 0 aromatic heterocycles. The highest BCUT2D eigenvalue weighted by molar-refractivity contribution is 6.10. The van der Waals surface area contributed by atoms with Crippen LogP contribution < -0.4 is 4.90 Å². The minimum absolute atomic E-state index is 0.0773. The van der Waals surface area contributed by atoms with Crippen LogP contribution in [-0.4, -0.2) is 0 Å². The first-order valence-corrected chi connectivity index (χ1v) is 21.5. The van der Waals surface area contributed by atoms with Crippen LogP contribution in [0.4, 0.5) is 17.1 Å². The molecule has 61 heavy (non-hydrogen) atoms. The lowest BCUT2D eigenvalue weighted by molar-refractivity contribution is 0.660. The van der Waals surface area contributed by atoms with E-state index in [0.29, 0.717) is 0 Å². The first-order chi connectivity index (χ1) is 30.0. The topological polar surface area (TPSA) is 3.24 Å². The number of anilines is 3. The van der Waals surface area contributed by atoms with E-state index in [2.05, 4.69) is 231 Å². The van der Waals surface area contributed by atoms with Crippen molar-refractivity contribution in [3.05, 3.63) is 246 Å². The third-order valence-electron chi connectivity index (χ3n) is 14.2. The standard InChI is InChI=1S/C60H41N/c1-59(2)52-24-11-8-22-48(52)51-36-43(31-34-53(51)59)61(42-29-27-38-15-6-7-18-41(38)35-42)44-30-33-49-46-20-9-12-25-54(46)60(56(49)37-44)55-26-13-10-21-47(55)50-23-14-19-40-28-32-45(58(60)57(40)50)39-16-4-3-5-17-39/h3-37H,1-2H3. The molecule has 0 heterocycles. The number of rotatable bonds is 4. The molecule has 0 saturated carbocycles. The SMILES string of the molecule is CC1(C)c2ccccc2-c2cc(N(c3ccc4c(c3)C3(c5ccccc5-4)c4ccccc4-c4cccc5ccc(-c6ccccc6)c3c45)c3ccc4ccccc4c3)ccc21. The van der Waals surface area contributed by atoms with Gasteiger partial charge in [0, 0.05) is 22.5 Å². The maximum Gasteiger partial charge on any atom is 0.0732 e. The molecule has 1 heteroatoms. The van der Waals surface area contributed by atoms with Crippen molar-refractivity contribution >= 4 is 38.6 Å². The van der Waals surface area contributed by atoms with Crippen molar-refractivity contribution < 1.29 is 0 Å². The van der Waals surface area contributed by atoms with Gasteiger partial charge in [-0.1, -0.05) is 190 Å². The van der Waals surface area contributed by atoms with Crippen LogP contribution in [0.3, 0.4) is 0 Å². The fourth-order valence-electron chi connectivity index (χ4n) is 11.6. The van der Waals surface area contributed by atoms with Gasteiger partial charge in [0.25, 0.3) is 0 Å². The molecule has 3 aliphatic rings. The van der Waals surface area contributed by atoms with E-state index < -0.39 is 5.41 Å². The van der Waals surface area contributed by atoms with Crippen molar-refractivity contribution in [2.45, 2.75) is 24.7 Å². The monoisotopic (exact) mass is 775 g/mol. The smallest absolute Gasteiger partial charge is 0.0732 e. The number of hydrogen-bond acceptors (Lipinski definition) is 1. The molecule has 1 unspecified atom stereocenters. The van der Waals surface area contributed by atoms with E-state index in [1.54, 1.807) is 0 Å². The van der Waals surface area contributed by atoms with Gasteiger partial charge < -0.3 is 4.90 Å². The van der Waals surface area contributed by atoms with Crippen molar-refractivity contribution in [3.8, 4) is 44.5 Å². The van der Waals surface area contributed by atoms with E-state index in [1.165, 1.54) is 99.4 Å². The van der Waals surface area contributed by atoms with Gasteiger partial charge in [0.15, 0.2) is 0 Å². The second-order valence-electron chi connectivity index (χ2n) is 17.6. The molecule has 1 atom stereocenters. The summed E-state index contributed by atoms with van der Waals surface area (Å²) in [6.07, 6.45) is 0. The van der Waals surface area contributed by atoms with Crippen molar-refractivity contribution in [3.63, 3.8) is 0 Å². The zero-order chi connectivity index (χ0) is 40.5. The zero-order valence-electron chi connectivity index (χ0n) is 34.2. The first kappa shape index (κ1) is 34.4. The van der Waals surface area contributed by atoms with E-state index in [4.69, 9.17) is 0 Å². The average molecular weight is 776 g/mol. The molecular formula is C60H41N. The Bertz CT molecular complexity index is 3460. The molecule has 3 aliphatic carbocycles. The lowest BCUT2D eigenvalue weighted by Gasteiger charge is -2.41. The molecule has 0 N–H and O–H groups in total. The highest BCUT2D eigenvalue weighted by Gasteiger charge is 2.51. The summed E-state index contributed by atoms with van der Waals surface area (Å²) >= 11 is 0. The molecule has 0 radical (unpaired) electrons. The number of hydrogen-bond donors (Lipinski definition) is 0. The number of nitrogens with zero attached hydrogens (tertiary/aromatic N) is 1. The lowest BCUT2D eigenvalue weighted by Crippen LogP contribution is -2.32. The summed E-state index contributed by atoms with van der Waals surface area (Å²) in [5.41, 5.74) is 21.2. The Morgan fingerprint density at radius 3 is 1.61 bits per heavy atom. The summed E-state index contributed by atoms with van der Waals surface area (Å²) in [4.78, 5) is 2.50. The summed E-state index contributed by atoms with van der Waals surface area (Å²) in [6, 6.07) is 80.1. The Labute approximate surface area is 356 Å². The van der Waals surface area contributed by atoms with Gasteiger partial charge in [0.05, 0.1) is 5.41 Å². The number of benzene rings is 10. The van der Waals surface area contributed by atoms with E-state index in [1.807, 2.05) is 0 Å². The van der Waals surface area contributed by atoms with Gasteiger partial charge >= 0.3 is 0 Å². The maximum atomic E-state index is 2.54. The predicted octanol–water partition coefficient (Wildman–Crippen LogP) is 15.8. The minimum Gasteiger partial charge on any atom is -0.310 e. The van der Waals surface area contributed by atoms with Crippen LogP contribution in [0.2, 0.25) is 0 Å². The molecule has 0 fully saturated rings. The first-order valence-electron chi connectivity index (χ1n) is 21.5. The third kappa shape index (κ3) is 4.61. The summed E-state index contributed by atoms with van der Waals surface area (Å²) in [5.74, 6) is 0. The molecule has 10 aromatic rings. The molecule has 0 aliphatic heterocycles. The highest BCUT2D eigenvalue weighted by Crippen LogP contribution is 2.64. The quantitative estimate of drug-likeness (QED) is 0.172. The van der Waals surface area contributed by atoms with Crippen molar-refractivity contribution in [2.75, 3.05) is 4.90 Å². The van der Waals surface area contributed by atoms with Gasteiger partial charge in [-0.3, -0.25) is 0 Å².